The molecule has 11 heteroatoms. The number of nitrogens with one attached hydrogen (secondary N) is 1. The van der Waals surface area contributed by atoms with Crippen molar-refractivity contribution in [1.29, 1.82) is 0 Å². The van der Waals surface area contributed by atoms with E-state index in [0.717, 1.165) is 52.2 Å². The van der Waals surface area contributed by atoms with E-state index in [1.165, 1.54) is 17.0 Å². The van der Waals surface area contributed by atoms with Crippen molar-refractivity contribution >= 4 is 17.1 Å². The van der Waals surface area contributed by atoms with Gasteiger partial charge in [-0.3, -0.25) is 9.36 Å². The van der Waals surface area contributed by atoms with E-state index in [0.29, 0.717) is 18.7 Å². The van der Waals surface area contributed by atoms with E-state index >= 15 is 0 Å². The summed E-state index contributed by atoms with van der Waals surface area (Å²) in [6, 6.07) is 5.63. The van der Waals surface area contributed by atoms with Gasteiger partial charge in [-0.25, -0.2) is 18.6 Å². The minimum absolute atomic E-state index is 0.154. The number of amides is 1. The number of rotatable bonds is 5. The molecule has 5 aromatic rings. The second-order valence-electron chi connectivity index (χ2n) is 9.24. The molecule has 0 aliphatic carbocycles. The molecule has 0 atom stereocenters. The molecule has 37 heavy (non-hydrogen) atoms. The second kappa shape index (κ2) is 9.16. The molecule has 0 bridgehead atoms. The Morgan fingerprint density at radius 1 is 0.973 bits per heavy atom. The summed E-state index contributed by atoms with van der Waals surface area (Å²) >= 11 is 0. The molecule has 6 rings (SSSR count). The lowest BCUT2D eigenvalue weighted by atomic mass is 10.1. The van der Waals surface area contributed by atoms with Gasteiger partial charge in [0.05, 0.1) is 25.0 Å². The summed E-state index contributed by atoms with van der Waals surface area (Å²) in [5, 5.41) is 19.0. The van der Waals surface area contributed by atoms with Gasteiger partial charge in [0.1, 0.15) is 17.3 Å². The number of carboxylic acid groups (broad SMARTS) is 1. The number of fused-ring (bicyclic) bond motifs is 1. The molecule has 4 aromatic heterocycles. The SMILES string of the molecule is O=C(O)N1CCC(n2cc(-c3cnc4[nH]cc(-c5cnn(Cc6cc(F)cc(F)c6)c5)c4c3)cn2)CC1. The van der Waals surface area contributed by atoms with Crippen LogP contribution in [0.4, 0.5) is 13.6 Å². The first-order chi connectivity index (χ1) is 17.9. The van der Waals surface area contributed by atoms with Crippen molar-refractivity contribution in [3.05, 3.63) is 78.6 Å². The van der Waals surface area contributed by atoms with Crippen molar-refractivity contribution < 1.29 is 18.7 Å². The standard InChI is InChI=1S/C26H23F2N7O2/c27-20-5-16(6-21(28)8-20)13-34-14-19(11-31-34)24-12-30-25-23(24)7-17(9-29-25)18-10-32-35(15-18)22-1-3-33(4-2-22)26(36)37/h5-12,14-15,22H,1-4,13H2,(H,29,30)(H,36,37). The predicted octanol–water partition coefficient (Wildman–Crippen LogP) is 4.93. The number of benzene rings is 1. The number of hydrogen-bond donors (Lipinski definition) is 2. The molecule has 0 spiro atoms. The molecule has 1 amide bonds. The van der Waals surface area contributed by atoms with Gasteiger partial charge in [-0.1, -0.05) is 0 Å². The van der Waals surface area contributed by atoms with E-state index in [4.69, 9.17) is 0 Å². The maximum absolute atomic E-state index is 13.6. The first kappa shape index (κ1) is 22.9. The van der Waals surface area contributed by atoms with E-state index in [1.807, 2.05) is 29.3 Å². The number of nitrogens with zero attached hydrogens (tertiary/aromatic N) is 6. The van der Waals surface area contributed by atoms with Crippen LogP contribution in [0, 0.1) is 11.6 Å². The fourth-order valence-electron chi connectivity index (χ4n) is 4.89. The van der Waals surface area contributed by atoms with Gasteiger partial charge in [-0.05, 0) is 36.6 Å². The highest BCUT2D eigenvalue weighted by atomic mass is 19.1. The van der Waals surface area contributed by atoms with Crippen molar-refractivity contribution in [1.82, 2.24) is 34.4 Å². The number of halogens is 2. The molecular formula is C26H23F2N7O2. The zero-order valence-electron chi connectivity index (χ0n) is 19.7. The molecule has 5 heterocycles. The summed E-state index contributed by atoms with van der Waals surface area (Å²) in [4.78, 5) is 20.4. The molecule has 1 fully saturated rings. The molecule has 9 nitrogen and oxygen atoms in total. The number of H-pyrrole nitrogens is 1. The molecule has 1 aromatic carbocycles. The van der Waals surface area contributed by atoms with Gasteiger partial charge in [-0.15, -0.1) is 0 Å². The van der Waals surface area contributed by atoms with Crippen LogP contribution in [0.5, 0.6) is 0 Å². The highest BCUT2D eigenvalue weighted by Gasteiger charge is 2.24. The Bertz CT molecular complexity index is 1580. The summed E-state index contributed by atoms with van der Waals surface area (Å²) in [5.41, 5.74) is 4.81. The van der Waals surface area contributed by atoms with Gasteiger partial charge in [0.2, 0.25) is 0 Å². The maximum atomic E-state index is 13.6. The summed E-state index contributed by atoms with van der Waals surface area (Å²) < 4.78 is 30.7. The van der Waals surface area contributed by atoms with Crippen LogP contribution in [0.3, 0.4) is 0 Å². The van der Waals surface area contributed by atoms with Gasteiger partial charge >= 0.3 is 6.09 Å². The highest BCUT2D eigenvalue weighted by Crippen LogP contribution is 2.32. The topological polar surface area (TPSA) is 105 Å². The van der Waals surface area contributed by atoms with Gasteiger partial charge in [0.25, 0.3) is 0 Å². The third kappa shape index (κ3) is 4.55. The van der Waals surface area contributed by atoms with Crippen molar-refractivity contribution in [2.24, 2.45) is 0 Å². The maximum Gasteiger partial charge on any atom is 0.407 e. The largest absolute Gasteiger partial charge is 0.465 e. The zero-order chi connectivity index (χ0) is 25.5. The quantitative estimate of drug-likeness (QED) is 0.354. The number of hydrogen-bond acceptors (Lipinski definition) is 4. The van der Waals surface area contributed by atoms with Crippen LogP contribution >= 0.6 is 0 Å². The van der Waals surface area contributed by atoms with Crippen molar-refractivity contribution in [2.75, 3.05) is 13.1 Å². The second-order valence-corrected chi connectivity index (χ2v) is 9.24. The summed E-state index contributed by atoms with van der Waals surface area (Å²) in [5.74, 6) is -1.24. The molecule has 188 valence electrons. The number of pyridine rings is 1. The van der Waals surface area contributed by atoms with Crippen LogP contribution in [-0.2, 0) is 6.54 Å². The van der Waals surface area contributed by atoms with E-state index in [-0.39, 0.29) is 12.6 Å². The minimum atomic E-state index is -0.880. The zero-order valence-corrected chi connectivity index (χ0v) is 19.7. The summed E-state index contributed by atoms with van der Waals surface area (Å²) in [7, 11) is 0. The number of piperidine rings is 1. The van der Waals surface area contributed by atoms with Gasteiger partial charge in [0, 0.05) is 71.6 Å². The van der Waals surface area contributed by atoms with Crippen LogP contribution in [0.2, 0.25) is 0 Å². The number of aromatic nitrogens is 6. The average Bonchev–Trinajstić information content (AvgIpc) is 3.63. The van der Waals surface area contributed by atoms with Crippen molar-refractivity contribution in [2.45, 2.75) is 25.4 Å². The summed E-state index contributed by atoms with van der Waals surface area (Å²) in [6.07, 6.45) is 11.5. The number of aromatic amines is 1. The van der Waals surface area contributed by atoms with Crippen molar-refractivity contribution in [3.63, 3.8) is 0 Å². The molecule has 0 radical (unpaired) electrons. The molecule has 1 saturated heterocycles. The van der Waals surface area contributed by atoms with Crippen LogP contribution < -0.4 is 0 Å². The van der Waals surface area contributed by atoms with Crippen LogP contribution in [-0.4, -0.2) is 58.7 Å². The van der Waals surface area contributed by atoms with E-state index < -0.39 is 17.7 Å². The van der Waals surface area contributed by atoms with Crippen LogP contribution in [0.1, 0.15) is 24.4 Å². The lowest BCUT2D eigenvalue weighted by Gasteiger charge is -2.30. The van der Waals surface area contributed by atoms with Gasteiger partial charge in [0.15, 0.2) is 0 Å². The Kier molecular flexibility index (Phi) is 5.67. The first-order valence-corrected chi connectivity index (χ1v) is 11.9. The monoisotopic (exact) mass is 503 g/mol. The van der Waals surface area contributed by atoms with E-state index in [9.17, 15) is 18.7 Å². The molecular weight excluding hydrogens is 480 g/mol. The van der Waals surface area contributed by atoms with Crippen LogP contribution in [0.15, 0.2) is 61.4 Å². The Labute approximate surface area is 210 Å². The molecule has 2 N–H and O–H groups in total. The highest BCUT2D eigenvalue weighted by molar-refractivity contribution is 5.95. The molecule has 0 saturated carbocycles. The Morgan fingerprint density at radius 2 is 1.73 bits per heavy atom. The fraction of sp³-hybridized carbons (Fsp3) is 0.231. The Morgan fingerprint density at radius 3 is 2.49 bits per heavy atom. The lowest BCUT2D eigenvalue weighted by molar-refractivity contribution is 0.124. The third-order valence-corrected chi connectivity index (χ3v) is 6.79. The smallest absolute Gasteiger partial charge is 0.407 e. The number of likely N-dealkylation sites (tertiary alicyclic amines) is 1. The first-order valence-electron chi connectivity index (χ1n) is 11.9. The Balaban J connectivity index is 1.24. The fourth-order valence-corrected chi connectivity index (χ4v) is 4.89. The predicted molar refractivity (Wildman–Crippen MR) is 132 cm³/mol. The van der Waals surface area contributed by atoms with Crippen LogP contribution in [0.25, 0.3) is 33.3 Å². The molecule has 1 aliphatic heterocycles. The molecule has 1 aliphatic rings. The van der Waals surface area contributed by atoms with Gasteiger partial charge in [-0.2, -0.15) is 10.2 Å². The van der Waals surface area contributed by atoms with Gasteiger partial charge < -0.3 is 15.0 Å². The molecule has 0 unspecified atom stereocenters. The van der Waals surface area contributed by atoms with E-state index in [2.05, 4.69) is 20.2 Å². The lowest BCUT2D eigenvalue weighted by Crippen LogP contribution is -2.38. The Hall–Kier alpha value is -4.54. The normalized spacial score (nSPS) is 14.5. The third-order valence-electron chi connectivity index (χ3n) is 6.79. The minimum Gasteiger partial charge on any atom is -0.465 e. The average molecular weight is 504 g/mol. The van der Waals surface area contributed by atoms with E-state index in [1.54, 1.807) is 23.3 Å². The number of carbonyl (C=O) groups is 1. The summed E-state index contributed by atoms with van der Waals surface area (Å²) in [6.45, 7) is 1.24. The van der Waals surface area contributed by atoms with Crippen molar-refractivity contribution in [3.8, 4) is 22.3 Å².